The molecule has 1 aromatic rings. The lowest BCUT2D eigenvalue weighted by atomic mass is 10.1. The SMILES string of the molecule is CCOCCN(CC)C1Cc2ccccc2C1N. The van der Waals surface area contributed by atoms with E-state index in [9.17, 15) is 0 Å². The third kappa shape index (κ3) is 2.74. The fourth-order valence-corrected chi connectivity index (χ4v) is 2.85. The van der Waals surface area contributed by atoms with Gasteiger partial charge < -0.3 is 10.5 Å². The van der Waals surface area contributed by atoms with Crippen LogP contribution in [0.15, 0.2) is 24.3 Å². The van der Waals surface area contributed by atoms with Crippen molar-refractivity contribution in [3.8, 4) is 0 Å². The van der Waals surface area contributed by atoms with Crippen LogP contribution in [0.25, 0.3) is 0 Å². The molecule has 1 aromatic carbocycles. The lowest BCUT2D eigenvalue weighted by Gasteiger charge is -2.30. The van der Waals surface area contributed by atoms with E-state index in [-0.39, 0.29) is 6.04 Å². The number of ether oxygens (including phenoxy) is 1. The molecule has 0 saturated heterocycles. The molecule has 3 heteroatoms. The Morgan fingerprint density at radius 1 is 1.33 bits per heavy atom. The van der Waals surface area contributed by atoms with Gasteiger partial charge >= 0.3 is 0 Å². The first-order valence-electron chi connectivity index (χ1n) is 6.93. The maximum atomic E-state index is 6.39. The summed E-state index contributed by atoms with van der Waals surface area (Å²) >= 11 is 0. The summed E-state index contributed by atoms with van der Waals surface area (Å²) in [6.07, 6.45) is 1.07. The van der Waals surface area contributed by atoms with Gasteiger partial charge in [-0.25, -0.2) is 0 Å². The lowest BCUT2D eigenvalue weighted by molar-refractivity contribution is 0.0925. The summed E-state index contributed by atoms with van der Waals surface area (Å²) in [5.74, 6) is 0. The van der Waals surface area contributed by atoms with Crippen LogP contribution in [-0.4, -0.2) is 37.2 Å². The first kappa shape index (κ1) is 13.5. The van der Waals surface area contributed by atoms with Crippen molar-refractivity contribution < 1.29 is 4.74 Å². The standard InChI is InChI=1S/C15H24N2O/c1-3-17(9-10-18-4-2)14-11-12-7-5-6-8-13(12)15(14)16/h5-8,14-15H,3-4,9-11,16H2,1-2H3. The summed E-state index contributed by atoms with van der Waals surface area (Å²) in [6.45, 7) is 7.81. The summed E-state index contributed by atoms with van der Waals surface area (Å²) in [7, 11) is 0. The molecule has 0 radical (unpaired) electrons. The van der Waals surface area contributed by atoms with Crippen LogP contribution in [0.3, 0.4) is 0 Å². The molecule has 0 bridgehead atoms. The predicted molar refractivity (Wildman–Crippen MR) is 74.6 cm³/mol. The van der Waals surface area contributed by atoms with Gasteiger partial charge in [0.2, 0.25) is 0 Å². The normalized spacial score (nSPS) is 22.4. The number of hydrogen-bond acceptors (Lipinski definition) is 3. The van der Waals surface area contributed by atoms with Crippen molar-refractivity contribution in [2.24, 2.45) is 5.73 Å². The fraction of sp³-hybridized carbons (Fsp3) is 0.600. The van der Waals surface area contributed by atoms with Crippen molar-refractivity contribution in [1.29, 1.82) is 0 Å². The van der Waals surface area contributed by atoms with E-state index in [0.29, 0.717) is 6.04 Å². The van der Waals surface area contributed by atoms with Gasteiger partial charge in [-0.1, -0.05) is 31.2 Å². The maximum Gasteiger partial charge on any atom is 0.0593 e. The molecule has 100 valence electrons. The molecule has 2 rings (SSSR count). The van der Waals surface area contributed by atoms with Crippen LogP contribution < -0.4 is 5.73 Å². The van der Waals surface area contributed by atoms with Crippen LogP contribution in [0.2, 0.25) is 0 Å². The number of nitrogens with two attached hydrogens (primary N) is 1. The zero-order chi connectivity index (χ0) is 13.0. The molecule has 0 saturated carbocycles. The Kier molecular flexibility index (Phi) is 4.75. The van der Waals surface area contributed by atoms with E-state index < -0.39 is 0 Å². The highest BCUT2D eigenvalue weighted by Gasteiger charge is 2.32. The molecule has 18 heavy (non-hydrogen) atoms. The minimum absolute atomic E-state index is 0.141. The maximum absolute atomic E-state index is 6.39. The van der Waals surface area contributed by atoms with Crippen molar-refractivity contribution in [2.45, 2.75) is 32.4 Å². The van der Waals surface area contributed by atoms with E-state index in [1.54, 1.807) is 0 Å². The van der Waals surface area contributed by atoms with Crippen LogP contribution in [0.4, 0.5) is 0 Å². The van der Waals surface area contributed by atoms with Crippen LogP contribution in [0.5, 0.6) is 0 Å². The quantitative estimate of drug-likeness (QED) is 0.782. The molecular formula is C15H24N2O. The summed E-state index contributed by atoms with van der Waals surface area (Å²) in [5.41, 5.74) is 9.11. The molecule has 0 fully saturated rings. The zero-order valence-electron chi connectivity index (χ0n) is 11.4. The summed E-state index contributed by atoms with van der Waals surface area (Å²) in [5, 5.41) is 0. The highest BCUT2D eigenvalue weighted by molar-refractivity contribution is 5.36. The van der Waals surface area contributed by atoms with E-state index in [4.69, 9.17) is 10.5 Å². The number of likely N-dealkylation sites (N-methyl/N-ethyl adjacent to an activating group) is 1. The smallest absolute Gasteiger partial charge is 0.0593 e. The second kappa shape index (κ2) is 6.32. The Hall–Kier alpha value is -0.900. The Morgan fingerprint density at radius 2 is 2.11 bits per heavy atom. The molecule has 0 aromatic heterocycles. The second-order valence-electron chi connectivity index (χ2n) is 4.82. The largest absolute Gasteiger partial charge is 0.380 e. The fourth-order valence-electron chi connectivity index (χ4n) is 2.85. The van der Waals surface area contributed by atoms with Gasteiger partial charge in [-0.3, -0.25) is 4.90 Å². The van der Waals surface area contributed by atoms with Gasteiger partial charge in [-0.15, -0.1) is 0 Å². The number of nitrogens with zero attached hydrogens (tertiary/aromatic N) is 1. The van der Waals surface area contributed by atoms with Gasteiger partial charge in [0.05, 0.1) is 6.61 Å². The number of fused-ring (bicyclic) bond motifs is 1. The van der Waals surface area contributed by atoms with Gasteiger partial charge in [0, 0.05) is 25.2 Å². The van der Waals surface area contributed by atoms with Gasteiger partial charge in [-0.05, 0) is 31.0 Å². The topological polar surface area (TPSA) is 38.5 Å². The van der Waals surface area contributed by atoms with Gasteiger partial charge in [-0.2, -0.15) is 0 Å². The minimum atomic E-state index is 0.141. The summed E-state index contributed by atoms with van der Waals surface area (Å²) < 4.78 is 5.46. The van der Waals surface area contributed by atoms with E-state index in [2.05, 4.69) is 36.1 Å². The number of benzene rings is 1. The Bertz CT molecular complexity index is 381. The first-order chi connectivity index (χ1) is 8.77. The third-order valence-electron chi connectivity index (χ3n) is 3.86. The number of hydrogen-bond donors (Lipinski definition) is 1. The van der Waals surface area contributed by atoms with Crippen molar-refractivity contribution in [3.05, 3.63) is 35.4 Å². The summed E-state index contributed by atoms with van der Waals surface area (Å²) in [6, 6.07) is 9.11. The molecule has 0 heterocycles. The molecule has 0 amide bonds. The molecule has 2 atom stereocenters. The average molecular weight is 248 g/mol. The molecule has 0 aliphatic heterocycles. The first-order valence-corrected chi connectivity index (χ1v) is 6.93. The molecule has 1 aliphatic rings. The van der Waals surface area contributed by atoms with E-state index in [0.717, 1.165) is 32.7 Å². The Morgan fingerprint density at radius 3 is 2.78 bits per heavy atom. The van der Waals surface area contributed by atoms with Gasteiger partial charge in [0.15, 0.2) is 0 Å². The molecule has 2 N–H and O–H groups in total. The Labute approximate surface area is 110 Å². The minimum Gasteiger partial charge on any atom is -0.380 e. The van der Waals surface area contributed by atoms with Crippen molar-refractivity contribution in [3.63, 3.8) is 0 Å². The monoisotopic (exact) mass is 248 g/mol. The molecule has 1 aliphatic carbocycles. The van der Waals surface area contributed by atoms with Gasteiger partial charge in [0.1, 0.15) is 0 Å². The second-order valence-corrected chi connectivity index (χ2v) is 4.82. The van der Waals surface area contributed by atoms with E-state index in [1.807, 2.05) is 6.92 Å². The average Bonchev–Trinajstić information content (AvgIpc) is 2.73. The highest BCUT2D eigenvalue weighted by Crippen LogP contribution is 2.32. The van der Waals surface area contributed by atoms with Gasteiger partial charge in [0.25, 0.3) is 0 Å². The molecule has 2 unspecified atom stereocenters. The molecule has 3 nitrogen and oxygen atoms in total. The highest BCUT2D eigenvalue weighted by atomic mass is 16.5. The van der Waals surface area contributed by atoms with Crippen LogP contribution >= 0.6 is 0 Å². The number of rotatable bonds is 6. The van der Waals surface area contributed by atoms with E-state index in [1.165, 1.54) is 11.1 Å². The summed E-state index contributed by atoms with van der Waals surface area (Å²) in [4.78, 5) is 2.44. The molecule has 0 spiro atoms. The van der Waals surface area contributed by atoms with E-state index >= 15 is 0 Å². The predicted octanol–water partition coefficient (Wildman–Crippen LogP) is 1.97. The third-order valence-corrected chi connectivity index (χ3v) is 3.86. The zero-order valence-corrected chi connectivity index (χ0v) is 11.4. The van der Waals surface area contributed by atoms with Crippen molar-refractivity contribution in [1.82, 2.24) is 4.90 Å². The van der Waals surface area contributed by atoms with Crippen LogP contribution in [0.1, 0.15) is 31.0 Å². The van der Waals surface area contributed by atoms with Crippen molar-refractivity contribution >= 4 is 0 Å². The van der Waals surface area contributed by atoms with Crippen LogP contribution in [0, 0.1) is 0 Å². The lowest BCUT2D eigenvalue weighted by Crippen LogP contribution is -2.42. The van der Waals surface area contributed by atoms with Crippen molar-refractivity contribution in [2.75, 3.05) is 26.3 Å². The molecular weight excluding hydrogens is 224 g/mol. The van der Waals surface area contributed by atoms with Crippen LogP contribution in [-0.2, 0) is 11.2 Å². The Balaban J connectivity index is 2.01.